The van der Waals surface area contributed by atoms with Crippen LogP contribution in [0.5, 0.6) is 17.2 Å². The molecule has 0 spiro atoms. The lowest BCUT2D eigenvalue weighted by Gasteiger charge is -2.25. The molecule has 0 amide bonds. The number of hydrogen-bond acceptors (Lipinski definition) is 6. The van der Waals surface area contributed by atoms with E-state index in [1.165, 1.54) is 7.11 Å². The normalized spacial score (nSPS) is 14.6. The second-order valence-electron chi connectivity index (χ2n) is 5.58. The zero-order valence-electron chi connectivity index (χ0n) is 14.7. The number of hydrogen-bond donors (Lipinski definition) is 1. The molecule has 0 saturated heterocycles. The van der Waals surface area contributed by atoms with E-state index in [0.29, 0.717) is 23.7 Å². The molecule has 1 aromatic rings. The van der Waals surface area contributed by atoms with E-state index in [1.807, 2.05) is 13.0 Å². The lowest BCUT2D eigenvalue weighted by atomic mass is 9.84. The number of methoxy groups -OCH3 is 4. The maximum atomic E-state index is 11.5. The van der Waals surface area contributed by atoms with Crippen molar-refractivity contribution in [3.8, 4) is 17.2 Å². The summed E-state index contributed by atoms with van der Waals surface area (Å²) in [5, 5.41) is 0. The Morgan fingerprint density at radius 1 is 1.09 bits per heavy atom. The lowest BCUT2D eigenvalue weighted by molar-refractivity contribution is -0.142. The zero-order valence-corrected chi connectivity index (χ0v) is 14.7. The van der Waals surface area contributed by atoms with Gasteiger partial charge in [0.2, 0.25) is 0 Å². The maximum absolute atomic E-state index is 11.5. The summed E-state index contributed by atoms with van der Waals surface area (Å²) in [6, 6.07) is 3.06. The second kappa shape index (κ2) is 8.62. The molecule has 2 N–H and O–H groups in total. The quantitative estimate of drug-likeness (QED) is 0.739. The number of nitrogens with two attached hydrogens (primary N) is 1. The first-order chi connectivity index (χ1) is 10.9. The number of ether oxygens (including phenoxy) is 4. The Balaban J connectivity index is 3.10. The van der Waals surface area contributed by atoms with E-state index < -0.39 is 12.0 Å². The van der Waals surface area contributed by atoms with Crippen LogP contribution in [0.3, 0.4) is 0 Å². The first kappa shape index (κ1) is 19.1. The topological polar surface area (TPSA) is 80.0 Å². The van der Waals surface area contributed by atoms with E-state index in [1.54, 1.807) is 27.4 Å². The second-order valence-corrected chi connectivity index (χ2v) is 5.58. The van der Waals surface area contributed by atoms with Gasteiger partial charge in [0.1, 0.15) is 11.8 Å². The van der Waals surface area contributed by atoms with E-state index >= 15 is 0 Å². The van der Waals surface area contributed by atoms with Crippen LogP contribution in [0.15, 0.2) is 12.1 Å². The molecule has 23 heavy (non-hydrogen) atoms. The summed E-state index contributed by atoms with van der Waals surface area (Å²) in [5.74, 6) is 1.78. The molecular weight excluding hydrogens is 298 g/mol. The highest BCUT2D eigenvalue weighted by Crippen LogP contribution is 2.42. The Labute approximate surface area is 137 Å². The molecule has 0 aliphatic rings. The molecule has 0 heterocycles. The van der Waals surface area contributed by atoms with Gasteiger partial charge in [-0.25, -0.2) is 0 Å². The highest BCUT2D eigenvalue weighted by molar-refractivity contribution is 5.75. The van der Waals surface area contributed by atoms with Crippen LogP contribution < -0.4 is 19.9 Å². The third-order valence-corrected chi connectivity index (χ3v) is 4.19. The van der Waals surface area contributed by atoms with Gasteiger partial charge in [-0.3, -0.25) is 4.79 Å². The average molecular weight is 325 g/mol. The highest BCUT2D eigenvalue weighted by atomic mass is 16.5. The Hall–Kier alpha value is -1.95. The largest absolute Gasteiger partial charge is 0.497 e. The molecule has 130 valence electrons. The fourth-order valence-electron chi connectivity index (χ4n) is 2.58. The van der Waals surface area contributed by atoms with Crippen LogP contribution in [0, 0.1) is 5.92 Å². The van der Waals surface area contributed by atoms with Gasteiger partial charge in [-0.15, -0.1) is 0 Å². The van der Waals surface area contributed by atoms with Crippen molar-refractivity contribution in [2.75, 3.05) is 28.4 Å². The van der Waals surface area contributed by atoms with Crippen molar-refractivity contribution in [3.05, 3.63) is 17.7 Å². The molecule has 0 radical (unpaired) electrons. The van der Waals surface area contributed by atoms with Crippen molar-refractivity contribution in [1.29, 1.82) is 0 Å². The third-order valence-electron chi connectivity index (χ3n) is 4.19. The minimum Gasteiger partial charge on any atom is -0.497 e. The van der Waals surface area contributed by atoms with Crippen LogP contribution >= 0.6 is 0 Å². The monoisotopic (exact) mass is 325 g/mol. The summed E-state index contributed by atoms with van der Waals surface area (Å²) in [7, 11) is 6.13. The minimum absolute atomic E-state index is 0.0876. The standard InChI is InChI=1S/C17H27NO5/c1-10(7-14(18)17(19)23-6)11(2)13-8-12(20-3)9-15(21-4)16(13)22-5/h8-11,14H,7,18H2,1-6H3. The lowest BCUT2D eigenvalue weighted by Crippen LogP contribution is -2.34. The van der Waals surface area contributed by atoms with Crippen molar-refractivity contribution in [3.63, 3.8) is 0 Å². The van der Waals surface area contributed by atoms with Gasteiger partial charge in [0.25, 0.3) is 0 Å². The number of rotatable bonds is 8. The van der Waals surface area contributed by atoms with Crippen LogP contribution in [0.4, 0.5) is 0 Å². The van der Waals surface area contributed by atoms with Crippen LogP contribution in [0.2, 0.25) is 0 Å². The van der Waals surface area contributed by atoms with Crippen LogP contribution in [0.25, 0.3) is 0 Å². The number of carbonyl (C=O) groups excluding carboxylic acids is 1. The van der Waals surface area contributed by atoms with Crippen molar-refractivity contribution >= 4 is 5.97 Å². The summed E-state index contributed by atoms with van der Waals surface area (Å²) in [6.07, 6.45) is 0.510. The fraction of sp³-hybridized carbons (Fsp3) is 0.588. The average Bonchev–Trinajstić information content (AvgIpc) is 2.58. The molecule has 1 aromatic carbocycles. The molecule has 0 fully saturated rings. The zero-order chi connectivity index (χ0) is 17.6. The molecule has 0 bridgehead atoms. The van der Waals surface area contributed by atoms with Crippen molar-refractivity contribution in [2.45, 2.75) is 32.2 Å². The predicted molar refractivity (Wildman–Crippen MR) is 88.3 cm³/mol. The third kappa shape index (κ3) is 4.51. The Morgan fingerprint density at radius 2 is 1.74 bits per heavy atom. The van der Waals surface area contributed by atoms with Gasteiger partial charge < -0.3 is 24.7 Å². The summed E-state index contributed by atoms with van der Waals surface area (Å²) in [6.45, 7) is 4.10. The molecule has 0 aliphatic carbocycles. The first-order valence-corrected chi connectivity index (χ1v) is 7.52. The van der Waals surface area contributed by atoms with Crippen molar-refractivity contribution in [1.82, 2.24) is 0 Å². The van der Waals surface area contributed by atoms with E-state index in [4.69, 9.17) is 19.9 Å². The van der Waals surface area contributed by atoms with Crippen molar-refractivity contribution in [2.24, 2.45) is 11.7 Å². The van der Waals surface area contributed by atoms with Gasteiger partial charge in [0.15, 0.2) is 11.5 Å². The van der Waals surface area contributed by atoms with Gasteiger partial charge in [-0.1, -0.05) is 13.8 Å². The molecule has 1 rings (SSSR count). The Morgan fingerprint density at radius 3 is 2.22 bits per heavy atom. The summed E-state index contributed by atoms with van der Waals surface area (Å²) in [5.41, 5.74) is 6.82. The smallest absolute Gasteiger partial charge is 0.322 e. The van der Waals surface area contributed by atoms with E-state index in [9.17, 15) is 4.79 Å². The Kier molecular flexibility index (Phi) is 7.16. The first-order valence-electron chi connectivity index (χ1n) is 7.52. The van der Waals surface area contributed by atoms with Crippen LogP contribution in [-0.4, -0.2) is 40.5 Å². The van der Waals surface area contributed by atoms with Crippen molar-refractivity contribution < 1.29 is 23.7 Å². The van der Waals surface area contributed by atoms with Gasteiger partial charge in [-0.05, 0) is 24.3 Å². The SMILES string of the molecule is COC(=O)C(N)CC(C)C(C)c1cc(OC)cc(OC)c1OC. The van der Waals surface area contributed by atoms with Gasteiger partial charge in [-0.2, -0.15) is 0 Å². The molecule has 0 aliphatic heterocycles. The maximum Gasteiger partial charge on any atom is 0.322 e. The molecule has 0 saturated carbocycles. The Bertz CT molecular complexity index is 532. The number of esters is 1. The molecular formula is C17H27NO5. The minimum atomic E-state index is -0.643. The predicted octanol–water partition coefficient (Wildman–Crippen LogP) is 2.34. The fourth-order valence-corrected chi connectivity index (χ4v) is 2.58. The van der Waals surface area contributed by atoms with E-state index in [0.717, 1.165) is 5.56 Å². The van der Waals surface area contributed by atoms with Gasteiger partial charge in [0, 0.05) is 11.6 Å². The van der Waals surface area contributed by atoms with Crippen LogP contribution in [-0.2, 0) is 9.53 Å². The summed E-state index contributed by atoms with van der Waals surface area (Å²) >= 11 is 0. The molecule has 6 nitrogen and oxygen atoms in total. The van der Waals surface area contributed by atoms with Gasteiger partial charge >= 0.3 is 5.97 Å². The molecule has 6 heteroatoms. The summed E-state index contributed by atoms with van der Waals surface area (Å²) < 4.78 is 20.9. The van der Waals surface area contributed by atoms with E-state index in [2.05, 4.69) is 11.7 Å². The van der Waals surface area contributed by atoms with Crippen LogP contribution in [0.1, 0.15) is 31.7 Å². The molecule has 3 atom stereocenters. The molecule has 3 unspecified atom stereocenters. The van der Waals surface area contributed by atoms with E-state index in [-0.39, 0.29) is 11.8 Å². The molecule has 0 aromatic heterocycles. The highest BCUT2D eigenvalue weighted by Gasteiger charge is 2.26. The number of benzene rings is 1. The number of carbonyl (C=O) groups is 1. The summed E-state index contributed by atoms with van der Waals surface area (Å²) in [4.78, 5) is 11.5. The van der Waals surface area contributed by atoms with Gasteiger partial charge in [0.05, 0.1) is 28.4 Å².